The Morgan fingerprint density at radius 3 is 2.22 bits per heavy atom. The van der Waals surface area contributed by atoms with E-state index in [0.717, 1.165) is 18.4 Å². The summed E-state index contributed by atoms with van der Waals surface area (Å²) < 4.78 is 25.3. The molecular weight excluding hydrogens is 366 g/mol. The van der Waals surface area contributed by atoms with Crippen LogP contribution in [0.1, 0.15) is 49.7 Å². The van der Waals surface area contributed by atoms with E-state index in [-0.39, 0.29) is 24.1 Å². The molecule has 8 heteroatoms. The van der Waals surface area contributed by atoms with Gasteiger partial charge in [-0.2, -0.15) is 0 Å². The van der Waals surface area contributed by atoms with E-state index >= 15 is 0 Å². The maximum Gasteiger partial charge on any atom is 0.239 e. The van der Waals surface area contributed by atoms with Gasteiger partial charge in [-0.05, 0) is 36.9 Å². The number of amides is 2. The minimum Gasteiger partial charge on any atom is -0.350 e. The summed E-state index contributed by atoms with van der Waals surface area (Å²) >= 11 is 0. The van der Waals surface area contributed by atoms with Gasteiger partial charge in [0.2, 0.25) is 21.8 Å². The average Bonchev–Trinajstić information content (AvgIpc) is 2.66. The number of rotatable bonds is 9. The number of benzene rings is 1. The summed E-state index contributed by atoms with van der Waals surface area (Å²) in [6, 6.07) is 7.01. The first-order valence-corrected chi connectivity index (χ1v) is 11.1. The minimum absolute atomic E-state index is 0.0238. The lowest BCUT2D eigenvalue weighted by molar-refractivity contribution is -0.126. The van der Waals surface area contributed by atoms with Crippen molar-refractivity contribution in [2.45, 2.75) is 50.8 Å². The van der Waals surface area contributed by atoms with Gasteiger partial charge in [0.05, 0.1) is 12.3 Å². The molecule has 0 heterocycles. The van der Waals surface area contributed by atoms with E-state index in [2.05, 4.69) is 15.4 Å². The zero-order chi connectivity index (χ0) is 19.7. The Kier molecular flexibility index (Phi) is 8.24. The predicted octanol–water partition coefficient (Wildman–Crippen LogP) is 1.44. The Morgan fingerprint density at radius 1 is 0.963 bits per heavy atom. The van der Waals surface area contributed by atoms with Crippen molar-refractivity contribution in [2.24, 2.45) is 5.92 Å². The van der Waals surface area contributed by atoms with Crippen LogP contribution < -0.4 is 15.4 Å². The standard InChI is InChI=1S/C19H29N3O4S/c1-20-27(25,26)14-17-9-7-16(8-10-17)12-21-19(24)13-22-18(23)11-15-5-3-2-4-6-15/h7-10,15,20H,2-6,11-14H2,1H3,(H,21,24)(H,22,23). The Bertz CT molecular complexity index is 726. The fourth-order valence-electron chi connectivity index (χ4n) is 3.21. The van der Waals surface area contributed by atoms with E-state index < -0.39 is 10.0 Å². The summed E-state index contributed by atoms with van der Waals surface area (Å²) in [6.45, 7) is 0.306. The van der Waals surface area contributed by atoms with Gasteiger partial charge in [-0.25, -0.2) is 13.1 Å². The molecule has 0 saturated heterocycles. The molecule has 0 aromatic heterocycles. The summed E-state index contributed by atoms with van der Waals surface area (Å²) in [5.74, 6) is 0.0661. The van der Waals surface area contributed by atoms with E-state index in [9.17, 15) is 18.0 Å². The maximum absolute atomic E-state index is 11.9. The summed E-state index contributed by atoms with van der Waals surface area (Å²) in [4.78, 5) is 23.8. The molecule has 1 saturated carbocycles. The molecule has 1 aliphatic rings. The number of carbonyl (C=O) groups excluding carboxylic acids is 2. The molecule has 150 valence electrons. The van der Waals surface area contributed by atoms with Crippen molar-refractivity contribution >= 4 is 21.8 Å². The molecule has 0 bridgehead atoms. The molecule has 1 aliphatic carbocycles. The lowest BCUT2D eigenvalue weighted by Crippen LogP contribution is -2.37. The van der Waals surface area contributed by atoms with Crippen molar-refractivity contribution in [1.82, 2.24) is 15.4 Å². The monoisotopic (exact) mass is 395 g/mol. The van der Waals surface area contributed by atoms with Crippen molar-refractivity contribution < 1.29 is 18.0 Å². The molecule has 0 aliphatic heterocycles. The van der Waals surface area contributed by atoms with Crippen LogP contribution in [0.4, 0.5) is 0 Å². The fraction of sp³-hybridized carbons (Fsp3) is 0.579. The summed E-state index contributed by atoms with van der Waals surface area (Å²) in [5.41, 5.74) is 1.54. The summed E-state index contributed by atoms with van der Waals surface area (Å²) in [7, 11) is -1.92. The third kappa shape index (κ3) is 8.09. The molecule has 0 unspecified atom stereocenters. The van der Waals surface area contributed by atoms with Crippen LogP contribution in [0, 0.1) is 5.92 Å². The van der Waals surface area contributed by atoms with Gasteiger partial charge < -0.3 is 10.6 Å². The largest absolute Gasteiger partial charge is 0.350 e. The van der Waals surface area contributed by atoms with Gasteiger partial charge in [0.1, 0.15) is 0 Å². The van der Waals surface area contributed by atoms with Gasteiger partial charge >= 0.3 is 0 Å². The normalized spacial score (nSPS) is 15.3. The molecule has 2 rings (SSSR count). The Morgan fingerprint density at radius 2 is 1.59 bits per heavy atom. The number of hydrogen-bond donors (Lipinski definition) is 3. The molecule has 27 heavy (non-hydrogen) atoms. The van der Waals surface area contributed by atoms with Gasteiger partial charge in [0.25, 0.3) is 0 Å². The zero-order valence-electron chi connectivity index (χ0n) is 15.8. The molecule has 1 fully saturated rings. The third-order valence-electron chi connectivity index (χ3n) is 4.83. The first-order chi connectivity index (χ1) is 12.9. The van der Waals surface area contributed by atoms with Crippen molar-refractivity contribution in [3.05, 3.63) is 35.4 Å². The van der Waals surface area contributed by atoms with Gasteiger partial charge in [-0.3, -0.25) is 9.59 Å². The molecule has 3 N–H and O–H groups in total. The first-order valence-electron chi connectivity index (χ1n) is 9.40. The van der Waals surface area contributed by atoms with Crippen molar-refractivity contribution in [3.63, 3.8) is 0 Å². The topological polar surface area (TPSA) is 104 Å². The predicted molar refractivity (Wildman–Crippen MR) is 104 cm³/mol. The SMILES string of the molecule is CNS(=O)(=O)Cc1ccc(CNC(=O)CNC(=O)CC2CCCCC2)cc1. The van der Waals surface area contributed by atoms with Crippen molar-refractivity contribution in [1.29, 1.82) is 0 Å². The second kappa shape index (κ2) is 10.4. The van der Waals surface area contributed by atoms with Crippen LogP contribution in [0.25, 0.3) is 0 Å². The molecule has 0 atom stereocenters. The van der Waals surface area contributed by atoms with Gasteiger partial charge in [0.15, 0.2) is 0 Å². The van der Waals surface area contributed by atoms with E-state index in [0.29, 0.717) is 24.4 Å². The quantitative estimate of drug-likeness (QED) is 0.588. The molecule has 7 nitrogen and oxygen atoms in total. The number of carbonyl (C=O) groups is 2. The molecule has 1 aromatic carbocycles. The van der Waals surface area contributed by atoms with E-state index in [4.69, 9.17) is 0 Å². The zero-order valence-corrected chi connectivity index (χ0v) is 16.6. The fourth-order valence-corrected chi connectivity index (χ4v) is 3.99. The number of hydrogen-bond acceptors (Lipinski definition) is 4. The smallest absolute Gasteiger partial charge is 0.239 e. The van der Waals surface area contributed by atoms with E-state index in [1.54, 1.807) is 24.3 Å². The number of sulfonamides is 1. The van der Waals surface area contributed by atoms with Crippen LogP contribution in [0.2, 0.25) is 0 Å². The third-order valence-corrected chi connectivity index (χ3v) is 6.16. The lowest BCUT2D eigenvalue weighted by Gasteiger charge is -2.20. The van der Waals surface area contributed by atoms with Crippen molar-refractivity contribution in [3.8, 4) is 0 Å². The number of nitrogens with one attached hydrogen (secondary N) is 3. The van der Waals surface area contributed by atoms with Gasteiger partial charge in [-0.1, -0.05) is 43.5 Å². The highest BCUT2D eigenvalue weighted by Crippen LogP contribution is 2.25. The second-order valence-corrected chi connectivity index (χ2v) is 8.97. The van der Waals surface area contributed by atoms with Gasteiger partial charge in [-0.15, -0.1) is 0 Å². The highest BCUT2D eigenvalue weighted by Gasteiger charge is 2.17. The lowest BCUT2D eigenvalue weighted by atomic mass is 9.87. The molecule has 0 spiro atoms. The highest BCUT2D eigenvalue weighted by molar-refractivity contribution is 7.88. The van der Waals surface area contributed by atoms with Crippen LogP contribution in [-0.2, 0) is 31.9 Å². The Hall–Kier alpha value is -1.93. The van der Waals surface area contributed by atoms with Crippen LogP contribution in [0.5, 0.6) is 0 Å². The van der Waals surface area contributed by atoms with Crippen LogP contribution >= 0.6 is 0 Å². The van der Waals surface area contributed by atoms with Crippen molar-refractivity contribution in [2.75, 3.05) is 13.6 Å². The summed E-state index contributed by atoms with van der Waals surface area (Å²) in [5, 5.41) is 5.44. The first kappa shape index (κ1) is 21.4. The molecule has 2 amide bonds. The van der Waals surface area contributed by atoms with E-state index in [1.165, 1.54) is 26.3 Å². The minimum atomic E-state index is -3.30. The van der Waals surface area contributed by atoms with Crippen LogP contribution in [-0.4, -0.2) is 33.8 Å². The van der Waals surface area contributed by atoms with Crippen LogP contribution in [0.3, 0.4) is 0 Å². The van der Waals surface area contributed by atoms with E-state index in [1.807, 2.05) is 0 Å². The second-order valence-electron chi connectivity index (χ2n) is 7.04. The van der Waals surface area contributed by atoms with Crippen LogP contribution in [0.15, 0.2) is 24.3 Å². The summed E-state index contributed by atoms with van der Waals surface area (Å²) in [6.07, 6.45) is 6.35. The van der Waals surface area contributed by atoms with Gasteiger partial charge in [0, 0.05) is 13.0 Å². The molecular formula is C19H29N3O4S. The highest BCUT2D eigenvalue weighted by atomic mass is 32.2. The molecule has 1 aromatic rings. The molecule has 0 radical (unpaired) electrons. The Labute approximate surface area is 161 Å². The Balaban J connectivity index is 1.68. The maximum atomic E-state index is 11.9. The average molecular weight is 396 g/mol.